The lowest BCUT2D eigenvalue weighted by Gasteiger charge is -2.14. The quantitative estimate of drug-likeness (QED) is 0.583. The molecule has 2 aromatic rings. The Hall–Kier alpha value is -3.26. The third kappa shape index (κ3) is 5.88. The molecule has 0 atom stereocenters. The number of nitrogens with zero attached hydrogens (tertiary/aromatic N) is 1. The number of carbonyl (C=O) groups is 1. The molecule has 0 saturated carbocycles. The number of benzene rings is 2. The molecule has 1 N–H and O–H groups in total. The number of aliphatic carboxylic acids is 1. The Balaban J connectivity index is 2.45. The van der Waals surface area contributed by atoms with E-state index in [1.165, 1.54) is 0 Å². The Morgan fingerprint density at radius 1 is 0.893 bits per heavy atom. The minimum Gasteiger partial charge on any atom is -0.494 e. The van der Waals surface area contributed by atoms with E-state index in [-0.39, 0.29) is 6.42 Å². The lowest BCUT2D eigenvalue weighted by atomic mass is 9.91. The predicted octanol–water partition coefficient (Wildman–Crippen LogP) is 5.06. The Kier molecular flexibility index (Phi) is 8.11. The molecule has 0 radical (unpaired) electrons. The molecule has 146 valence electrons. The first-order chi connectivity index (χ1) is 13.6. The molecule has 28 heavy (non-hydrogen) atoms. The van der Waals surface area contributed by atoms with Crippen LogP contribution in [0.15, 0.2) is 54.1 Å². The van der Waals surface area contributed by atoms with Crippen molar-refractivity contribution in [3.05, 3.63) is 65.2 Å². The fourth-order valence-corrected chi connectivity index (χ4v) is 2.94. The van der Waals surface area contributed by atoms with Crippen LogP contribution in [0.25, 0.3) is 5.57 Å². The standard InChI is InChI=1S/C23H25NO4/c1-3-27-20-12-8-17(9-13-20)23(19(16-24)6-5-7-22(25)26)18-10-14-21(15-11-18)28-4-2/h8-15H,3-7H2,1-2H3,(H,25,26). The topological polar surface area (TPSA) is 79.5 Å². The molecule has 0 aliphatic heterocycles. The molecule has 0 fully saturated rings. The Morgan fingerprint density at radius 3 is 1.71 bits per heavy atom. The van der Waals surface area contributed by atoms with Crippen molar-refractivity contribution in [3.63, 3.8) is 0 Å². The van der Waals surface area contributed by atoms with Gasteiger partial charge in [0.25, 0.3) is 0 Å². The summed E-state index contributed by atoms with van der Waals surface area (Å²) in [7, 11) is 0. The van der Waals surface area contributed by atoms with Crippen molar-refractivity contribution in [2.75, 3.05) is 13.2 Å². The SMILES string of the molecule is CCOc1ccc(C(=C(C#N)CCCC(=O)O)c2ccc(OCC)cc2)cc1. The van der Waals surface area contributed by atoms with Gasteiger partial charge in [-0.15, -0.1) is 0 Å². The second kappa shape index (κ2) is 10.8. The van der Waals surface area contributed by atoms with Gasteiger partial charge in [-0.1, -0.05) is 24.3 Å². The lowest BCUT2D eigenvalue weighted by Crippen LogP contribution is -1.98. The van der Waals surface area contributed by atoms with Crippen molar-refractivity contribution in [3.8, 4) is 17.6 Å². The summed E-state index contributed by atoms with van der Waals surface area (Å²) in [5, 5.41) is 18.7. The minimum absolute atomic E-state index is 0.0328. The van der Waals surface area contributed by atoms with E-state index >= 15 is 0 Å². The Morgan fingerprint density at radius 2 is 1.36 bits per heavy atom. The number of allylic oxidation sites excluding steroid dienone is 1. The molecule has 5 heteroatoms. The second-order valence-electron chi connectivity index (χ2n) is 6.13. The van der Waals surface area contributed by atoms with Gasteiger partial charge in [-0.2, -0.15) is 5.26 Å². The first-order valence-electron chi connectivity index (χ1n) is 9.40. The maximum absolute atomic E-state index is 10.9. The van der Waals surface area contributed by atoms with Crippen LogP contribution in [0, 0.1) is 11.3 Å². The molecule has 2 aromatic carbocycles. The van der Waals surface area contributed by atoms with Gasteiger partial charge in [0.05, 0.1) is 19.3 Å². The van der Waals surface area contributed by atoms with Crippen LogP contribution < -0.4 is 9.47 Å². The van der Waals surface area contributed by atoms with Crippen molar-refractivity contribution < 1.29 is 19.4 Å². The summed E-state index contributed by atoms with van der Waals surface area (Å²) < 4.78 is 11.0. The summed E-state index contributed by atoms with van der Waals surface area (Å²) in [6.07, 6.45) is 0.847. The highest BCUT2D eigenvalue weighted by Crippen LogP contribution is 2.31. The monoisotopic (exact) mass is 379 g/mol. The summed E-state index contributed by atoms with van der Waals surface area (Å²) in [4.78, 5) is 10.9. The molecule has 0 aliphatic rings. The van der Waals surface area contributed by atoms with Crippen LogP contribution in [-0.4, -0.2) is 24.3 Å². The highest BCUT2D eigenvalue weighted by Gasteiger charge is 2.13. The molecular weight excluding hydrogens is 354 g/mol. The van der Waals surface area contributed by atoms with Crippen LogP contribution in [0.4, 0.5) is 0 Å². The van der Waals surface area contributed by atoms with Crippen molar-refractivity contribution in [2.45, 2.75) is 33.1 Å². The number of carboxylic acids is 1. The summed E-state index contributed by atoms with van der Waals surface area (Å²) in [5.74, 6) is 0.671. The molecule has 0 aliphatic carbocycles. The van der Waals surface area contributed by atoms with E-state index in [0.29, 0.717) is 31.6 Å². The fraction of sp³-hybridized carbons (Fsp3) is 0.304. The smallest absolute Gasteiger partial charge is 0.303 e. The van der Waals surface area contributed by atoms with Gasteiger partial charge in [0.1, 0.15) is 11.5 Å². The number of ether oxygens (including phenoxy) is 2. The van der Waals surface area contributed by atoms with Gasteiger partial charge in [-0.25, -0.2) is 0 Å². The Labute approximate surface area is 165 Å². The van der Waals surface area contributed by atoms with Crippen LogP contribution in [-0.2, 0) is 4.79 Å². The fourth-order valence-electron chi connectivity index (χ4n) is 2.94. The van der Waals surface area contributed by atoms with E-state index in [1.54, 1.807) is 0 Å². The molecule has 0 amide bonds. The molecule has 0 bridgehead atoms. The van der Waals surface area contributed by atoms with Crippen LogP contribution in [0.5, 0.6) is 11.5 Å². The summed E-state index contributed by atoms with van der Waals surface area (Å²) >= 11 is 0. The van der Waals surface area contributed by atoms with Gasteiger partial charge >= 0.3 is 5.97 Å². The van der Waals surface area contributed by atoms with Gasteiger partial charge in [0, 0.05) is 17.6 Å². The normalized spacial score (nSPS) is 10.0. The van der Waals surface area contributed by atoms with Crippen LogP contribution >= 0.6 is 0 Å². The summed E-state index contributed by atoms with van der Waals surface area (Å²) in [6, 6.07) is 17.5. The third-order valence-electron chi connectivity index (χ3n) is 4.16. The van der Waals surface area contributed by atoms with Crippen molar-refractivity contribution in [1.29, 1.82) is 5.26 Å². The van der Waals surface area contributed by atoms with Gasteiger partial charge < -0.3 is 14.6 Å². The summed E-state index contributed by atoms with van der Waals surface area (Å²) in [5.41, 5.74) is 3.15. The highest BCUT2D eigenvalue weighted by molar-refractivity contribution is 5.84. The van der Waals surface area contributed by atoms with Gasteiger partial charge in [-0.3, -0.25) is 4.79 Å². The van der Waals surface area contributed by atoms with E-state index < -0.39 is 5.97 Å². The average molecular weight is 379 g/mol. The molecule has 0 heterocycles. The van der Waals surface area contributed by atoms with Gasteiger partial charge in [0.2, 0.25) is 0 Å². The second-order valence-corrected chi connectivity index (χ2v) is 6.13. The molecule has 0 saturated heterocycles. The zero-order valence-electron chi connectivity index (χ0n) is 16.3. The molecule has 2 rings (SSSR count). The number of rotatable bonds is 10. The maximum atomic E-state index is 10.9. The van der Waals surface area contributed by atoms with E-state index in [0.717, 1.165) is 28.2 Å². The lowest BCUT2D eigenvalue weighted by molar-refractivity contribution is -0.137. The molecular formula is C23H25NO4. The number of hydrogen-bond acceptors (Lipinski definition) is 4. The maximum Gasteiger partial charge on any atom is 0.303 e. The Bertz CT molecular complexity index is 794. The largest absolute Gasteiger partial charge is 0.494 e. The number of carboxylic acid groups (broad SMARTS) is 1. The average Bonchev–Trinajstić information content (AvgIpc) is 2.69. The zero-order chi connectivity index (χ0) is 20.4. The third-order valence-corrected chi connectivity index (χ3v) is 4.16. The van der Waals surface area contributed by atoms with Gasteiger partial charge in [0.15, 0.2) is 0 Å². The molecule has 5 nitrogen and oxygen atoms in total. The van der Waals surface area contributed by atoms with Crippen LogP contribution in [0.3, 0.4) is 0 Å². The molecule has 0 spiro atoms. The molecule has 0 aromatic heterocycles. The summed E-state index contributed by atoms with van der Waals surface area (Å²) in [6.45, 7) is 5.02. The van der Waals surface area contributed by atoms with Crippen molar-refractivity contribution in [2.24, 2.45) is 0 Å². The van der Waals surface area contributed by atoms with E-state index in [2.05, 4.69) is 6.07 Å². The predicted molar refractivity (Wildman–Crippen MR) is 108 cm³/mol. The molecule has 0 unspecified atom stereocenters. The number of nitriles is 1. The van der Waals surface area contributed by atoms with Crippen LogP contribution in [0.2, 0.25) is 0 Å². The zero-order valence-corrected chi connectivity index (χ0v) is 16.3. The van der Waals surface area contributed by atoms with E-state index in [9.17, 15) is 10.1 Å². The van der Waals surface area contributed by atoms with Crippen molar-refractivity contribution >= 4 is 11.5 Å². The van der Waals surface area contributed by atoms with Crippen LogP contribution in [0.1, 0.15) is 44.2 Å². The highest BCUT2D eigenvalue weighted by atomic mass is 16.5. The first kappa shape index (κ1) is 21.0. The van der Waals surface area contributed by atoms with E-state index in [4.69, 9.17) is 14.6 Å². The minimum atomic E-state index is -0.860. The van der Waals surface area contributed by atoms with E-state index in [1.807, 2.05) is 62.4 Å². The first-order valence-corrected chi connectivity index (χ1v) is 9.40. The number of hydrogen-bond donors (Lipinski definition) is 1. The van der Waals surface area contributed by atoms with Gasteiger partial charge in [-0.05, 0) is 62.1 Å². The van der Waals surface area contributed by atoms with Crippen molar-refractivity contribution in [1.82, 2.24) is 0 Å².